The van der Waals surface area contributed by atoms with Crippen molar-refractivity contribution in [2.24, 2.45) is 0 Å². The van der Waals surface area contributed by atoms with E-state index in [1.165, 1.54) is 18.4 Å². The standard InChI is InChI=1S/C14H15BrN2O/c1-10-7-13(15)14(16-8-10)17(11-4-5-11)9-12-3-2-6-18-12/h2-3,6-8,11H,4-5,9H2,1H3. The monoisotopic (exact) mass is 306 g/mol. The summed E-state index contributed by atoms with van der Waals surface area (Å²) in [6, 6.07) is 6.65. The Balaban J connectivity index is 1.89. The molecule has 0 radical (unpaired) electrons. The summed E-state index contributed by atoms with van der Waals surface area (Å²) in [6.07, 6.45) is 6.11. The van der Waals surface area contributed by atoms with Gasteiger partial charge in [-0.15, -0.1) is 0 Å². The van der Waals surface area contributed by atoms with Gasteiger partial charge in [0.15, 0.2) is 0 Å². The van der Waals surface area contributed by atoms with Gasteiger partial charge in [0.25, 0.3) is 0 Å². The van der Waals surface area contributed by atoms with E-state index in [1.54, 1.807) is 6.26 Å². The topological polar surface area (TPSA) is 29.3 Å². The van der Waals surface area contributed by atoms with Crippen LogP contribution >= 0.6 is 15.9 Å². The molecule has 18 heavy (non-hydrogen) atoms. The molecule has 94 valence electrons. The van der Waals surface area contributed by atoms with Crippen molar-refractivity contribution in [2.75, 3.05) is 4.90 Å². The molecule has 0 unspecified atom stereocenters. The van der Waals surface area contributed by atoms with Crippen molar-refractivity contribution in [1.82, 2.24) is 4.98 Å². The van der Waals surface area contributed by atoms with Crippen molar-refractivity contribution < 1.29 is 4.42 Å². The maximum absolute atomic E-state index is 5.44. The number of anilines is 1. The number of furan rings is 1. The lowest BCUT2D eigenvalue weighted by Crippen LogP contribution is -2.26. The minimum atomic E-state index is 0.599. The summed E-state index contributed by atoms with van der Waals surface area (Å²) < 4.78 is 6.50. The Morgan fingerprint density at radius 2 is 2.33 bits per heavy atom. The third-order valence-corrected chi connectivity index (χ3v) is 3.71. The highest BCUT2D eigenvalue weighted by atomic mass is 79.9. The minimum Gasteiger partial charge on any atom is -0.467 e. The van der Waals surface area contributed by atoms with Crippen LogP contribution in [0.1, 0.15) is 24.2 Å². The predicted octanol–water partition coefficient (Wildman–Crippen LogP) is 3.91. The zero-order valence-corrected chi connectivity index (χ0v) is 11.9. The van der Waals surface area contributed by atoms with E-state index in [4.69, 9.17) is 4.42 Å². The first-order valence-electron chi connectivity index (χ1n) is 6.15. The Labute approximate surface area is 115 Å². The average molecular weight is 307 g/mol. The van der Waals surface area contributed by atoms with Crippen LogP contribution < -0.4 is 4.90 Å². The zero-order valence-electron chi connectivity index (χ0n) is 10.3. The Morgan fingerprint density at radius 3 is 2.94 bits per heavy atom. The van der Waals surface area contributed by atoms with E-state index < -0.39 is 0 Å². The van der Waals surface area contributed by atoms with Gasteiger partial charge in [-0.1, -0.05) is 0 Å². The van der Waals surface area contributed by atoms with Crippen LogP contribution in [0.4, 0.5) is 5.82 Å². The summed E-state index contributed by atoms with van der Waals surface area (Å²) >= 11 is 3.61. The number of aromatic nitrogens is 1. The Bertz CT molecular complexity index is 535. The Kier molecular flexibility index (Phi) is 3.12. The number of pyridine rings is 1. The lowest BCUT2D eigenvalue weighted by Gasteiger charge is -2.23. The summed E-state index contributed by atoms with van der Waals surface area (Å²) in [5.41, 5.74) is 1.17. The summed E-state index contributed by atoms with van der Waals surface area (Å²) in [6.45, 7) is 2.84. The van der Waals surface area contributed by atoms with Crippen LogP contribution in [0.25, 0.3) is 0 Å². The lowest BCUT2D eigenvalue weighted by molar-refractivity contribution is 0.500. The molecule has 0 atom stereocenters. The van der Waals surface area contributed by atoms with Crippen LogP contribution in [0, 0.1) is 6.92 Å². The van der Waals surface area contributed by atoms with Gasteiger partial charge >= 0.3 is 0 Å². The number of hydrogen-bond acceptors (Lipinski definition) is 3. The Hall–Kier alpha value is -1.29. The average Bonchev–Trinajstić information content (AvgIpc) is 3.05. The second-order valence-corrected chi connectivity index (χ2v) is 5.61. The summed E-state index contributed by atoms with van der Waals surface area (Å²) in [5.74, 6) is 2.00. The van der Waals surface area contributed by atoms with Crippen molar-refractivity contribution in [3.8, 4) is 0 Å². The molecule has 0 spiro atoms. The number of nitrogens with zero attached hydrogens (tertiary/aromatic N) is 2. The van der Waals surface area contributed by atoms with Gasteiger partial charge in [0.05, 0.1) is 17.3 Å². The molecule has 0 N–H and O–H groups in total. The molecule has 1 saturated carbocycles. The first-order chi connectivity index (χ1) is 8.74. The second-order valence-electron chi connectivity index (χ2n) is 4.76. The maximum atomic E-state index is 5.44. The normalized spacial score (nSPS) is 14.8. The summed E-state index contributed by atoms with van der Waals surface area (Å²) in [7, 11) is 0. The maximum Gasteiger partial charge on any atom is 0.143 e. The zero-order chi connectivity index (χ0) is 12.5. The summed E-state index contributed by atoms with van der Waals surface area (Å²) in [5, 5.41) is 0. The van der Waals surface area contributed by atoms with Crippen LogP contribution in [-0.2, 0) is 6.54 Å². The molecule has 2 heterocycles. The van der Waals surface area contributed by atoms with Crippen molar-refractivity contribution in [1.29, 1.82) is 0 Å². The molecule has 0 amide bonds. The molecule has 0 aliphatic heterocycles. The van der Waals surface area contributed by atoms with Crippen LogP contribution in [0.15, 0.2) is 39.5 Å². The van der Waals surface area contributed by atoms with E-state index in [9.17, 15) is 0 Å². The van der Waals surface area contributed by atoms with E-state index in [-0.39, 0.29) is 0 Å². The molecule has 4 heteroatoms. The van der Waals surface area contributed by atoms with Gasteiger partial charge in [-0.25, -0.2) is 4.98 Å². The molecule has 0 aromatic carbocycles. The van der Waals surface area contributed by atoms with E-state index in [0.717, 1.165) is 22.6 Å². The SMILES string of the molecule is Cc1cnc(N(Cc2ccco2)C2CC2)c(Br)c1. The quantitative estimate of drug-likeness (QED) is 0.857. The molecule has 3 nitrogen and oxygen atoms in total. The van der Waals surface area contributed by atoms with Gasteiger partial charge in [0, 0.05) is 12.2 Å². The number of hydrogen-bond donors (Lipinski definition) is 0. The van der Waals surface area contributed by atoms with Gasteiger partial charge in [0.1, 0.15) is 11.6 Å². The van der Waals surface area contributed by atoms with Crippen molar-refractivity contribution in [2.45, 2.75) is 32.4 Å². The van der Waals surface area contributed by atoms with Gasteiger partial charge in [-0.3, -0.25) is 0 Å². The predicted molar refractivity (Wildman–Crippen MR) is 74.6 cm³/mol. The van der Waals surface area contributed by atoms with Crippen LogP contribution in [0.3, 0.4) is 0 Å². The molecule has 3 rings (SSSR count). The first kappa shape index (κ1) is 11.8. The molecule has 0 bridgehead atoms. The molecule has 1 aliphatic carbocycles. The fourth-order valence-corrected chi connectivity index (χ4v) is 2.76. The number of halogens is 1. The first-order valence-corrected chi connectivity index (χ1v) is 6.94. The van der Waals surface area contributed by atoms with Crippen LogP contribution in [0.5, 0.6) is 0 Å². The highest BCUT2D eigenvalue weighted by molar-refractivity contribution is 9.10. The summed E-state index contributed by atoms with van der Waals surface area (Å²) in [4.78, 5) is 6.88. The van der Waals surface area contributed by atoms with Crippen LogP contribution in [-0.4, -0.2) is 11.0 Å². The van der Waals surface area contributed by atoms with Gasteiger partial charge < -0.3 is 9.32 Å². The molecule has 0 saturated heterocycles. The van der Waals surface area contributed by atoms with E-state index >= 15 is 0 Å². The molecule has 2 aromatic heterocycles. The fourth-order valence-electron chi connectivity index (χ4n) is 2.07. The minimum absolute atomic E-state index is 0.599. The van der Waals surface area contributed by atoms with Crippen LogP contribution in [0.2, 0.25) is 0 Å². The molecule has 1 fully saturated rings. The largest absolute Gasteiger partial charge is 0.467 e. The highest BCUT2D eigenvalue weighted by Crippen LogP contribution is 2.35. The third kappa shape index (κ3) is 2.43. The van der Waals surface area contributed by atoms with Gasteiger partial charge in [-0.2, -0.15) is 0 Å². The fraction of sp³-hybridized carbons (Fsp3) is 0.357. The molecule has 2 aromatic rings. The highest BCUT2D eigenvalue weighted by Gasteiger charge is 2.31. The lowest BCUT2D eigenvalue weighted by atomic mass is 10.3. The van der Waals surface area contributed by atoms with Gasteiger partial charge in [-0.05, 0) is 59.5 Å². The van der Waals surface area contributed by atoms with Crippen molar-refractivity contribution >= 4 is 21.7 Å². The second kappa shape index (κ2) is 4.76. The smallest absolute Gasteiger partial charge is 0.143 e. The number of rotatable bonds is 4. The number of aryl methyl sites for hydroxylation is 1. The van der Waals surface area contributed by atoms with Crippen molar-refractivity contribution in [3.63, 3.8) is 0 Å². The molecule has 1 aliphatic rings. The van der Waals surface area contributed by atoms with E-state index in [2.05, 4.69) is 38.8 Å². The third-order valence-electron chi connectivity index (χ3n) is 3.12. The van der Waals surface area contributed by atoms with Crippen molar-refractivity contribution in [3.05, 3.63) is 46.5 Å². The Morgan fingerprint density at radius 1 is 1.50 bits per heavy atom. The molecular weight excluding hydrogens is 292 g/mol. The van der Waals surface area contributed by atoms with E-state index in [1.807, 2.05) is 18.3 Å². The van der Waals surface area contributed by atoms with Gasteiger partial charge in [0.2, 0.25) is 0 Å². The van der Waals surface area contributed by atoms with E-state index in [0.29, 0.717) is 6.04 Å². The molecular formula is C14H15BrN2O.